The molecule has 1 aromatic carbocycles. The van der Waals surface area contributed by atoms with Crippen molar-refractivity contribution in [2.45, 2.75) is 32.5 Å². The Morgan fingerprint density at radius 3 is 2.74 bits per heavy atom. The lowest BCUT2D eigenvalue weighted by Gasteiger charge is -2.36. The van der Waals surface area contributed by atoms with Gasteiger partial charge in [0.1, 0.15) is 0 Å². The van der Waals surface area contributed by atoms with Gasteiger partial charge in [0.05, 0.1) is 19.1 Å². The highest BCUT2D eigenvalue weighted by molar-refractivity contribution is 9.10. The van der Waals surface area contributed by atoms with Crippen molar-refractivity contribution in [3.05, 3.63) is 28.2 Å². The van der Waals surface area contributed by atoms with Crippen LogP contribution in [0.4, 0.5) is 5.69 Å². The van der Waals surface area contributed by atoms with E-state index in [0.29, 0.717) is 26.3 Å². The molecule has 0 saturated carbocycles. The van der Waals surface area contributed by atoms with Crippen LogP contribution in [0.1, 0.15) is 24.8 Å². The zero-order chi connectivity index (χ0) is 19.0. The lowest BCUT2D eigenvalue weighted by molar-refractivity contribution is -0.143. The van der Waals surface area contributed by atoms with Crippen LogP contribution in [0.2, 0.25) is 0 Å². The van der Waals surface area contributed by atoms with Crippen molar-refractivity contribution in [1.29, 1.82) is 0 Å². The molecule has 0 aliphatic carbocycles. The number of anilines is 1. The monoisotopic (exact) mass is 436 g/mol. The fourth-order valence-corrected chi connectivity index (χ4v) is 4.51. The quantitative estimate of drug-likeness (QED) is 0.730. The van der Waals surface area contributed by atoms with E-state index in [1.807, 2.05) is 30.0 Å². The maximum absolute atomic E-state index is 13.1. The van der Waals surface area contributed by atoms with E-state index >= 15 is 0 Å². The minimum absolute atomic E-state index is 0.0195. The molecule has 7 heteroatoms. The number of piperidine rings is 1. The standard InChI is InChI=1S/C20H25BrN2O4/c1-13-9-16(4-5-17(13)21)23-12-15(10-18(23)24)19(25)22-6-2-3-14(11-22)20-26-7-8-27-20/h4-5,9,14-15,20H,2-3,6-8,10-12H2,1H3/t14-,15+/m0/s1. The number of rotatable bonds is 3. The van der Waals surface area contributed by atoms with Crippen molar-refractivity contribution < 1.29 is 19.1 Å². The molecule has 3 aliphatic rings. The summed E-state index contributed by atoms with van der Waals surface area (Å²) in [5, 5.41) is 0. The maximum Gasteiger partial charge on any atom is 0.228 e. The van der Waals surface area contributed by atoms with Gasteiger partial charge in [-0.15, -0.1) is 0 Å². The van der Waals surface area contributed by atoms with Gasteiger partial charge >= 0.3 is 0 Å². The number of aryl methyl sites for hydroxylation is 1. The number of benzene rings is 1. The van der Waals surface area contributed by atoms with E-state index in [9.17, 15) is 9.59 Å². The molecule has 3 saturated heterocycles. The Bertz CT molecular complexity index is 735. The van der Waals surface area contributed by atoms with Crippen LogP contribution in [0.5, 0.6) is 0 Å². The summed E-state index contributed by atoms with van der Waals surface area (Å²) in [6, 6.07) is 5.86. The number of hydrogen-bond donors (Lipinski definition) is 0. The lowest BCUT2D eigenvalue weighted by Crippen LogP contribution is -2.46. The second-order valence-corrected chi connectivity index (χ2v) is 8.49. The number of hydrogen-bond acceptors (Lipinski definition) is 4. The van der Waals surface area contributed by atoms with E-state index in [-0.39, 0.29) is 36.4 Å². The first kappa shape index (κ1) is 18.9. The van der Waals surface area contributed by atoms with Crippen molar-refractivity contribution in [2.75, 3.05) is 37.7 Å². The molecular weight excluding hydrogens is 412 g/mol. The highest BCUT2D eigenvalue weighted by atomic mass is 79.9. The molecule has 3 heterocycles. The van der Waals surface area contributed by atoms with Crippen LogP contribution < -0.4 is 4.90 Å². The molecule has 27 heavy (non-hydrogen) atoms. The summed E-state index contributed by atoms with van der Waals surface area (Å²) in [4.78, 5) is 29.3. The molecule has 1 aromatic rings. The third-order valence-electron chi connectivity index (χ3n) is 5.73. The van der Waals surface area contributed by atoms with Crippen LogP contribution in [0, 0.1) is 18.8 Å². The second kappa shape index (κ2) is 7.89. The molecule has 0 spiro atoms. The molecule has 4 rings (SSSR count). The average Bonchev–Trinajstić information content (AvgIpc) is 3.33. The highest BCUT2D eigenvalue weighted by Crippen LogP contribution is 2.31. The Labute approximate surface area is 167 Å². The van der Waals surface area contributed by atoms with Crippen LogP contribution in [-0.4, -0.2) is 55.9 Å². The molecule has 0 radical (unpaired) electrons. The normalized spacial score (nSPS) is 26.8. The number of ether oxygens (including phenoxy) is 2. The minimum Gasteiger partial charge on any atom is -0.350 e. The van der Waals surface area contributed by atoms with Crippen LogP contribution in [-0.2, 0) is 19.1 Å². The smallest absolute Gasteiger partial charge is 0.228 e. The molecule has 0 unspecified atom stereocenters. The largest absolute Gasteiger partial charge is 0.350 e. The van der Waals surface area contributed by atoms with Gasteiger partial charge in [-0.1, -0.05) is 15.9 Å². The number of nitrogens with zero attached hydrogens (tertiary/aromatic N) is 2. The summed E-state index contributed by atoms with van der Waals surface area (Å²) in [5.41, 5.74) is 1.94. The van der Waals surface area contributed by atoms with Crippen molar-refractivity contribution >= 4 is 33.4 Å². The number of carbonyl (C=O) groups excluding carboxylic acids is 2. The summed E-state index contributed by atoms with van der Waals surface area (Å²) >= 11 is 3.49. The van der Waals surface area contributed by atoms with E-state index in [1.54, 1.807) is 4.90 Å². The first-order valence-corrected chi connectivity index (χ1v) is 10.4. The molecule has 0 N–H and O–H groups in total. The molecule has 2 atom stereocenters. The van der Waals surface area contributed by atoms with Gasteiger partial charge < -0.3 is 19.3 Å². The Balaban J connectivity index is 1.41. The van der Waals surface area contributed by atoms with Crippen LogP contribution in [0.3, 0.4) is 0 Å². The van der Waals surface area contributed by atoms with Crippen LogP contribution in [0.25, 0.3) is 0 Å². The van der Waals surface area contributed by atoms with Crippen molar-refractivity contribution in [3.8, 4) is 0 Å². The number of halogens is 1. The van der Waals surface area contributed by atoms with Gasteiger partial charge in [-0.3, -0.25) is 9.59 Å². The van der Waals surface area contributed by atoms with Crippen molar-refractivity contribution in [2.24, 2.45) is 11.8 Å². The van der Waals surface area contributed by atoms with Crippen LogP contribution in [0.15, 0.2) is 22.7 Å². The second-order valence-electron chi connectivity index (χ2n) is 7.64. The first-order valence-electron chi connectivity index (χ1n) is 9.61. The fraction of sp³-hybridized carbons (Fsp3) is 0.600. The number of carbonyl (C=O) groups is 2. The summed E-state index contributed by atoms with van der Waals surface area (Å²) in [6.07, 6.45) is 2.07. The van der Waals surface area contributed by atoms with Gasteiger partial charge in [0.15, 0.2) is 6.29 Å². The third kappa shape index (κ3) is 3.91. The SMILES string of the molecule is Cc1cc(N2C[C@H](C(=O)N3CCC[C@H](C4OCCO4)C3)CC2=O)ccc1Br. The number of likely N-dealkylation sites (tertiary alicyclic amines) is 1. The highest BCUT2D eigenvalue weighted by Gasteiger charge is 2.40. The summed E-state index contributed by atoms with van der Waals surface area (Å²) in [5.74, 6) is 0.0617. The fourth-order valence-electron chi connectivity index (χ4n) is 4.26. The van der Waals surface area contributed by atoms with E-state index in [2.05, 4.69) is 15.9 Å². The molecule has 3 aliphatic heterocycles. The van der Waals surface area contributed by atoms with Crippen LogP contribution >= 0.6 is 15.9 Å². The van der Waals surface area contributed by atoms with E-state index in [0.717, 1.165) is 35.1 Å². The average molecular weight is 437 g/mol. The molecule has 6 nitrogen and oxygen atoms in total. The predicted octanol–water partition coefficient (Wildman–Crippen LogP) is 2.72. The van der Waals surface area contributed by atoms with E-state index < -0.39 is 0 Å². The molecular formula is C20H25BrN2O4. The van der Waals surface area contributed by atoms with Crippen molar-refractivity contribution in [1.82, 2.24) is 4.90 Å². The Morgan fingerprint density at radius 2 is 2.00 bits per heavy atom. The number of amides is 2. The molecule has 146 valence electrons. The molecule has 2 amide bonds. The van der Waals surface area contributed by atoms with E-state index in [4.69, 9.17) is 9.47 Å². The maximum atomic E-state index is 13.1. The van der Waals surface area contributed by atoms with E-state index in [1.165, 1.54) is 0 Å². The topological polar surface area (TPSA) is 59.1 Å². The molecule has 0 aromatic heterocycles. The predicted molar refractivity (Wildman–Crippen MR) is 104 cm³/mol. The molecule has 0 bridgehead atoms. The zero-order valence-electron chi connectivity index (χ0n) is 15.5. The van der Waals surface area contributed by atoms with Crippen molar-refractivity contribution in [3.63, 3.8) is 0 Å². The lowest BCUT2D eigenvalue weighted by atomic mass is 9.95. The van der Waals surface area contributed by atoms with Gasteiger partial charge in [-0.2, -0.15) is 0 Å². The van der Waals surface area contributed by atoms with Gasteiger partial charge in [0.25, 0.3) is 0 Å². The summed E-state index contributed by atoms with van der Waals surface area (Å²) in [7, 11) is 0. The zero-order valence-corrected chi connectivity index (χ0v) is 17.1. The molecule has 3 fully saturated rings. The minimum atomic E-state index is -0.273. The van der Waals surface area contributed by atoms with Gasteiger partial charge in [-0.25, -0.2) is 0 Å². The Hall–Kier alpha value is -1.44. The first-order chi connectivity index (χ1) is 13.0. The van der Waals surface area contributed by atoms with Gasteiger partial charge in [0.2, 0.25) is 11.8 Å². The van der Waals surface area contributed by atoms with Gasteiger partial charge in [-0.05, 0) is 43.5 Å². The Kier molecular flexibility index (Phi) is 5.53. The Morgan fingerprint density at radius 1 is 1.22 bits per heavy atom. The van der Waals surface area contributed by atoms with Gasteiger partial charge in [0, 0.05) is 42.1 Å². The summed E-state index contributed by atoms with van der Waals surface area (Å²) < 4.78 is 12.3. The third-order valence-corrected chi connectivity index (χ3v) is 6.62. The summed E-state index contributed by atoms with van der Waals surface area (Å²) in [6.45, 7) is 5.13.